The van der Waals surface area contributed by atoms with Gasteiger partial charge in [-0.05, 0) is 50.6 Å². The Bertz CT molecular complexity index is 772. The molecule has 2 rings (SSSR count). The molecule has 5 nitrogen and oxygen atoms in total. The quantitative estimate of drug-likeness (QED) is 0.674. The second-order valence-electron chi connectivity index (χ2n) is 6.01. The molecule has 5 heteroatoms. The predicted octanol–water partition coefficient (Wildman–Crippen LogP) is 3.89. The molecule has 1 amide bonds. The lowest BCUT2D eigenvalue weighted by molar-refractivity contribution is -0.135. The summed E-state index contributed by atoms with van der Waals surface area (Å²) in [6.45, 7) is 5.90. The minimum Gasteiger partial charge on any atom is -0.497 e. The predicted molar refractivity (Wildman–Crippen MR) is 101 cm³/mol. The van der Waals surface area contributed by atoms with Crippen molar-refractivity contribution in [3.63, 3.8) is 0 Å². The van der Waals surface area contributed by atoms with Crippen LogP contribution in [0.2, 0.25) is 0 Å². The van der Waals surface area contributed by atoms with Crippen LogP contribution in [0.4, 0.5) is 0 Å². The van der Waals surface area contributed by atoms with Crippen molar-refractivity contribution >= 4 is 11.7 Å². The van der Waals surface area contributed by atoms with E-state index >= 15 is 0 Å². The molecule has 0 fully saturated rings. The van der Waals surface area contributed by atoms with Crippen molar-refractivity contribution in [1.82, 2.24) is 4.90 Å². The number of nitrogens with zero attached hydrogens (tertiary/aromatic N) is 1. The van der Waals surface area contributed by atoms with Crippen LogP contribution in [-0.2, 0) is 4.79 Å². The minimum absolute atomic E-state index is 0.0383. The van der Waals surface area contributed by atoms with Crippen molar-refractivity contribution in [2.45, 2.75) is 26.8 Å². The fourth-order valence-electron chi connectivity index (χ4n) is 2.78. The summed E-state index contributed by atoms with van der Waals surface area (Å²) in [5.74, 6) is 1.12. The Labute approximate surface area is 154 Å². The molecule has 2 aromatic rings. The molecule has 0 spiro atoms. The van der Waals surface area contributed by atoms with Crippen molar-refractivity contribution in [1.29, 1.82) is 0 Å². The molecule has 138 valence electrons. The molecule has 2 aromatic carbocycles. The third-order valence-electron chi connectivity index (χ3n) is 4.31. The zero-order valence-corrected chi connectivity index (χ0v) is 15.7. The van der Waals surface area contributed by atoms with E-state index in [0.717, 1.165) is 11.3 Å². The number of amides is 1. The van der Waals surface area contributed by atoms with Gasteiger partial charge in [0.2, 0.25) is 0 Å². The summed E-state index contributed by atoms with van der Waals surface area (Å²) in [6.07, 6.45) is 0. The average molecular weight is 355 g/mol. The number of hydrogen-bond donors (Lipinski definition) is 0. The van der Waals surface area contributed by atoms with Gasteiger partial charge in [0, 0.05) is 12.1 Å². The molecule has 0 saturated heterocycles. The highest BCUT2D eigenvalue weighted by molar-refractivity contribution is 5.94. The first-order valence-electron chi connectivity index (χ1n) is 8.63. The standard InChI is InChI=1S/C21H25NO4/c1-5-22(15(2)17-8-6-10-19(12-17)25-4)21(24)14-26-20-11-7-9-18(13-20)16(3)23/h6-13,15H,5,14H2,1-4H3. The summed E-state index contributed by atoms with van der Waals surface area (Å²) in [6, 6.07) is 14.4. The van der Waals surface area contributed by atoms with Crippen LogP contribution < -0.4 is 9.47 Å². The summed E-state index contributed by atoms with van der Waals surface area (Å²) in [5, 5.41) is 0. The van der Waals surface area contributed by atoms with Crippen LogP contribution in [0.1, 0.15) is 42.7 Å². The molecular weight excluding hydrogens is 330 g/mol. The maximum atomic E-state index is 12.6. The van der Waals surface area contributed by atoms with E-state index < -0.39 is 0 Å². The molecule has 0 aliphatic carbocycles. The second kappa shape index (κ2) is 9.04. The van der Waals surface area contributed by atoms with Crippen LogP contribution in [0, 0.1) is 0 Å². The van der Waals surface area contributed by atoms with E-state index in [4.69, 9.17) is 9.47 Å². The van der Waals surface area contributed by atoms with E-state index in [1.54, 1.807) is 36.3 Å². The number of ketones is 1. The lowest BCUT2D eigenvalue weighted by Crippen LogP contribution is -2.36. The first kappa shape index (κ1) is 19.5. The number of Topliss-reactive ketones (excluding diaryl/α,β-unsaturated/α-hetero) is 1. The van der Waals surface area contributed by atoms with Crippen LogP contribution in [0.25, 0.3) is 0 Å². The Morgan fingerprint density at radius 2 is 1.77 bits per heavy atom. The van der Waals surface area contributed by atoms with Crippen molar-refractivity contribution in [3.8, 4) is 11.5 Å². The van der Waals surface area contributed by atoms with E-state index in [2.05, 4.69) is 0 Å². The number of benzene rings is 2. The molecule has 0 saturated carbocycles. The highest BCUT2D eigenvalue weighted by Gasteiger charge is 2.21. The van der Waals surface area contributed by atoms with E-state index in [1.165, 1.54) is 6.92 Å². The molecule has 0 heterocycles. The Hall–Kier alpha value is -2.82. The third kappa shape index (κ3) is 4.85. The third-order valence-corrected chi connectivity index (χ3v) is 4.31. The Morgan fingerprint density at radius 3 is 2.42 bits per heavy atom. The number of likely N-dealkylation sites (N-methyl/N-ethyl adjacent to an activating group) is 1. The number of hydrogen-bond acceptors (Lipinski definition) is 4. The van der Waals surface area contributed by atoms with Gasteiger partial charge in [-0.3, -0.25) is 9.59 Å². The van der Waals surface area contributed by atoms with Gasteiger partial charge in [0.05, 0.1) is 13.2 Å². The normalized spacial score (nSPS) is 11.5. The summed E-state index contributed by atoms with van der Waals surface area (Å²) in [7, 11) is 1.62. The smallest absolute Gasteiger partial charge is 0.260 e. The van der Waals surface area contributed by atoms with Gasteiger partial charge < -0.3 is 14.4 Å². The summed E-state index contributed by atoms with van der Waals surface area (Å²) < 4.78 is 10.9. The van der Waals surface area contributed by atoms with Gasteiger partial charge in [-0.2, -0.15) is 0 Å². The number of rotatable bonds is 8. The van der Waals surface area contributed by atoms with Crippen molar-refractivity contribution in [3.05, 3.63) is 59.7 Å². The first-order chi connectivity index (χ1) is 12.5. The Kier molecular flexibility index (Phi) is 6.78. The van der Waals surface area contributed by atoms with Gasteiger partial charge in [0.25, 0.3) is 5.91 Å². The molecule has 0 aliphatic rings. The molecule has 0 N–H and O–H groups in total. The van der Waals surface area contributed by atoms with Gasteiger partial charge in [-0.25, -0.2) is 0 Å². The Balaban J connectivity index is 2.06. The van der Waals surface area contributed by atoms with Gasteiger partial charge in [-0.1, -0.05) is 24.3 Å². The van der Waals surface area contributed by atoms with Gasteiger partial charge >= 0.3 is 0 Å². The highest BCUT2D eigenvalue weighted by Crippen LogP contribution is 2.24. The van der Waals surface area contributed by atoms with Crippen molar-refractivity contribution in [2.24, 2.45) is 0 Å². The van der Waals surface area contributed by atoms with E-state index in [1.807, 2.05) is 38.1 Å². The number of carbonyl (C=O) groups excluding carboxylic acids is 2. The number of carbonyl (C=O) groups is 2. The van der Waals surface area contributed by atoms with Crippen LogP contribution >= 0.6 is 0 Å². The molecule has 26 heavy (non-hydrogen) atoms. The maximum absolute atomic E-state index is 12.6. The Morgan fingerprint density at radius 1 is 1.08 bits per heavy atom. The largest absolute Gasteiger partial charge is 0.497 e. The molecule has 0 aromatic heterocycles. The first-order valence-corrected chi connectivity index (χ1v) is 8.63. The van der Waals surface area contributed by atoms with Crippen LogP contribution in [0.15, 0.2) is 48.5 Å². The summed E-state index contributed by atoms with van der Waals surface area (Å²) in [5.41, 5.74) is 1.56. The lowest BCUT2D eigenvalue weighted by atomic mass is 10.1. The molecule has 1 unspecified atom stereocenters. The van der Waals surface area contributed by atoms with E-state index in [9.17, 15) is 9.59 Å². The zero-order valence-electron chi connectivity index (χ0n) is 15.7. The molecule has 1 atom stereocenters. The molecule has 0 bridgehead atoms. The molecule has 0 radical (unpaired) electrons. The van der Waals surface area contributed by atoms with Crippen LogP contribution in [0.3, 0.4) is 0 Å². The van der Waals surface area contributed by atoms with Crippen LogP contribution in [-0.4, -0.2) is 36.9 Å². The van der Waals surface area contributed by atoms with Crippen LogP contribution in [0.5, 0.6) is 11.5 Å². The monoisotopic (exact) mass is 355 g/mol. The van der Waals surface area contributed by atoms with Crippen molar-refractivity contribution < 1.29 is 19.1 Å². The minimum atomic E-state index is -0.115. The van der Waals surface area contributed by atoms with Crippen molar-refractivity contribution in [2.75, 3.05) is 20.3 Å². The fraction of sp³-hybridized carbons (Fsp3) is 0.333. The second-order valence-corrected chi connectivity index (χ2v) is 6.01. The summed E-state index contributed by atoms with van der Waals surface area (Å²) in [4.78, 5) is 25.8. The number of ether oxygens (including phenoxy) is 2. The number of methoxy groups -OCH3 is 1. The van der Waals surface area contributed by atoms with E-state index in [0.29, 0.717) is 17.9 Å². The van der Waals surface area contributed by atoms with Gasteiger partial charge in [-0.15, -0.1) is 0 Å². The topological polar surface area (TPSA) is 55.8 Å². The van der Waals surface area contributed by atoms with Gasteiger partial charge in [0.15, 0.2) is 12.4 Å². The molecular formula is C21H25NO4. The van der Waals surface area contributed by atoms with E-state index in [-0.39, 0.29) is 24.3 Å². The average Bonchev–Trinajstić information content (AvgIpc) is 2.67. The summed E-state index contributed by atoms with van der Waals surface area (Å²) >= 11 is 0. The van der Waals surface area contributed by atoms with Gasteiger partial charge in [0.1, 0.15) is 11.5 Å². The SMILES string of the molecule is CCN(C(=O)COc1cccc(C(C)=O)c1)C(C)c1cccc(OC)c1. The maximum Gasteiger partial charge on any atom is 0.260 e. The molecule has 0 aliphatic heterocycles. The zero-order chi connectivity index (χ0) is 19.1. The highest BCUT2D eigenvalue weighted by atomic mass is 16.5. The lowest BCUT2D eigenvalue weighted by Gasteiger charge is -2.28. The fourth-order valence-corrected chi connectivity index (χ4v) is 2.78.